The molecule has 4 nitrogen and oxygen atoms in total. The first kappa shape index (κ1) is 12.1. The highest BCUT2D eigenvalue weighted by atomic mass is 32.1. The molecule has 1 saturated carbocycles. The van der Waals surface area contributed by atoms with E-state index >= 15 is 0 Å². The van der Waals surface area contributed by atoms with Gasteiger partial charge in [-0.2, -0.15) is 5.26 Å². The molecule has 1 fully saturated rings. The second kappa shape index (κ2) is 4.47. The van der Waals surface area contributed by atoms with Crippen molar-refractivity contribution in [3.8, 4) is 6.07 Å². The van der Waals surface area contributed by atoms with Crippen LogP contribution in [0.5, 0.6) is 0 Å². The second-order valence-corrected chi connectivity index (χ2v) is 5.50. The predicted molar refractivity (Wildman–Crippen MR) is 64.7 cm³/mol. The number of rotatable bonds is 4. The number of thiophene rings is 1. The minimum absolute atomic E-state index is 0.0727. The maximum absolute atomic E-state index is 12.0. The van der Waals surface area contributed by atoms with Gasteiger partial charge in [0.05, 0.1) is 17.7 Å². The van der Waals surface area contributed by atoms with Gasteiger partial charge in [-0.15, -0.1) is 11.3 Å². The third-order valence-electron chi connectivity index (χ3n) is 3.20. The van der Waals surface area contributed by atoms with E-state index in [0.717, 1.165) is 12.8 Å². The predicted octanol–water partition coefficient (Wildman–Crippen LogP) is 1.51. The molecular weight excluding hydrogens is 236 g/mol. The molecule has 1 heterocycles. The van der Waals surface area contributed by atoms with Crippen LogP contribution < -0.4 is 5.32 Å². The third kappa shape index (κ3) is 2.33. The zero-order chi connectivity index (χ0) is 12.5. The Morgan fingerprint density at radius 2 is 2.47 bits per heavy atom. The van der Waals surface area contributed by atoms with Gasteiger partial charge in [-0.1, -0.05) is 0 Å². The zero-order valence-electron chi connectivity index (χ0n) is 9.56. The Morgan fingerprint density at radius 1 is 1.76 bits per heavy atom. The van der Waals surface area contributed by atoms with E-state index in [1.807, 2.05) is 13.0 Å². The number of hydrogen-bond acceptors (Lipinski definition) is 4. The van der Waals surface area contributed by atoms with Crippen LogP contribution in [0.3, 0.4) is 0 Å². The normalized spacial score (nSPS) is 18.2. The van der Waals surface area contributed by atoms with Crippen molar-refractivity contribution in [1.82, 2.24) is 5.32 Å². The summed E-state index contributed by atoms with van der Waals surface area (Å²) in [5.41, 5.74) is -0.169. The lowest BCUT2D eigenvalue weighted by Gasteiger charge is -2.28. The lowest BCUT2D eigenvalue weighted by atomic mass is 9.97. The van der Waals surface area contributed by atoms with E-state index in [9.17, 15) is 9.90 Å². The number of nitriles is 1. The quantitative estimate of drug-likeness (QED) is 0.850. The first-order valence-electron chi connectivity index (χ1n) is 5.51. The van der Waals surface area contributed by atoms with Crippen LogP contribution in [0.15, 0.2) is 11.4 Å². The Kier molecular flexibility index (Phi) is 3.18. The largest absolute Gasteiger partial charge is 0.394 e. The molecule has 5 heteroatoms. The molecule has 0 aliphatic heterocycles. The third-order valence-corrected chi connectivity index (χ3v) is 4.11. The number of carbonyl (C=O) groups is 1. The number of hydrogen-bond donors (Lipinski definition) is 2. The maximum Gasteiger partial charge on any atom is 0.263 e. The summed E-state index contributed by atoms with van der Waals surface area (Å²) in [5, 5.41) is 22.8. The minimum atomic E-state index is -0.562. The van der Waals surface area contributed by atoms with Gasteiger partial charge in [-0.25, -0.2) is 0 Å². The lowest BCUT2D eigenvalue weighted by molar-refractivity contribution is 0.0828. The Hall–Kier alpha value is -1.38. The number of nitrogens with zero attached hydrogens (tertiary/aromatic N) is 1. The summed E-state index contributed by atoms with van der Waals surface area (Å²) in [6, 6.07) is 3.62. The Labute approximate surface area is 104 Å². The van der Waals surface area contributed by atoms with Crippen molar-refractivity contribution < 1.29 is 9.90 Å². The molecule has 0 aromatic carbocycles. The summed E-state index contributed by atoms with van der Waals surface area (Å²) in [4.78, 5) is 12.5. The SMILES string of the molecule is CC(CO)(NC(=O)c1sccc1C#N)C1CC1. The number of carbonyl (C=O) groups excluding carboxylic acids is 1. The molecule has 1 aliphatic rings. The van der Waals surface area contributed by atoms with Crippen LogP contribution in [0, 0.1) is 17.2 Å². The van der Waals surface area contributed by atoms with Gasteiger partial charge in [0.2, 0.25) is 0 Å². The van der Waals surface area contributed by atoms with Crippen LogP contribution in [0.4, 0.5) is 0 Å². The van der Waals surface area contributed by atoms with Crippen molar-refractivity contribution in [3.05, 3.63) is 21.9 Å². The van der Waals surface area contributed by atoms with Gasteiger partial charge >= 0.3 is 0 Å². The number of aliphatic hydroxyl groups is 1. The summed E-state index contributed by atoms with van der Waals surface area (Å²) in [5.74, 6) is 0.0851. The van der Waals surface area contributed by atoms with E-state index in [4.69, 9.17) is 5.26 Å². The lowest BCUT2D eigenvalue weighted by Crippen LogP contribution is -2.50. The fourth-order valence-electron chi connectivity index (χ4n) is 1.88. The number of amides is 1. The topological polar surface area (TPSA) is 73.1 Å². The Balaban J connectivity index is 2.14. The molecule has 0 radical (unpaired) electrons. The van der Waals surface area contributed by atoms with Crippen molar-refractivity contribution in [2.45, 2.75) is 25.3 Å². The molecule has 0 bridgehead atoms. The standard InChI is InChI=1S/C12H14N2O2S/c1-12(7-15,9-2-3-9)14-11(16)10-8(6-13)4-5-17-10/h4-5,9,15H,2-3,7H2,1H3,(H,14,16). The first-order chi connectivity index (χ1) is 8.10. The van der Waals surface area contributed by atoms with Gasteiger partial charge < -0.3 is 10.4 Å². The highest BCUT2D eigenvalue weighted by Gasteiger charge is 2.42. The summed E-state index contributed by atoms with van der Waals surface area (Å²) >= 11 is 1.25. The van der Waals surface area contributed by atoms with E-state index < -0.39 is 5.54 Å². The fraction of sp³-hybridized carbons (Fsp3) is 0.500. The molecule has 1 aliphatic carbocycles. The fourth-order valence-corrected chi connectivity index (χ4v) is 2.62. The maximum atomic E-state index is 12.0. The van der Waals surface area contributed by atoms with Gasteiger partial charge in [0.25, 0.3) is 5.91 Å². The second-order valence-electron chi connectivity index (χ2n) is 4.58. The van der Waals surface area contributed by atoms with E-state index in [0.29, 0.717) is 16.4 Å². The molecule has 1 amide bonds. The average molecular weight is 250 g/mol. The summed E-state index contributed by atoms with van der Waals surface area (Å²) in [6.45, 7) is 1.78. The average Bonchev–Trinajstić information content (AvgIpc) is 3.07. The highest BCUT2D eigenvalue weighted by Crippen LogP contribution is 2.39. The first-order valence-corrected chi connectivity index (χ1v) is 6.39. The van der Waals surface area contributed by atoms with Crippen molar-refractivity contribution in [2.24, 2.45) is 5.92 Å². The van der Waals surface area contributed by atoms with Gasteiger partial charge in [-0.05, 0) is 37.1 Å². The molecule has 1 unspecified atom stereocenters. The smallest absolute Gasteiger partial charge is 0.263 e. The summed E-state index contributed by atoms with van der Waals surface area (Å²) in [6.07, 6.45) is 2.07. The van der Waals surface area contributed by atoms with Crippen molar-refractivity contribution in [3.63, 3.8) is 0 Å². The Morgan fingerprint density at radius 3 is 3.00 bits per heavy atom. The molecule has 90 valence electrons. The van der Waals surface area contributed by atoms with E-state index in [-0.39, 0.29) is 12.5 Å². The van der Waals surface area contributed by atoms with Crippen molar-refractivity contribution in [1.29, 1.82) is 5.26 Å². The van der Waals surface area contributed by atoms with E-state index in [1.165, 1.54) is 11.3 Å². The molecule has 2 rings (SSSR count). The van der Waals surface area contributed by atoms with Crippen LogP contribution in [0.25, 0.3) is 0 Å². The molecule has 1 aromatic heterocycles. The molecule has 1 aromatic rings. The zero-order valence-corrected chi connectivity index (χ0v) is 10.4. The summed E-state index contributed by atoms with van der Waals surface area (Å²) in [7, 11) is 0. The van der Waals surface area contributed by atoms with E-state index in [1.54, 1.807) is 11.4 Å². The van der Waals surface area contributed by atoms with Crippen LogP contribution in [0.2, 0.25) is 0 Å². The van der Waals surface area contributed by atoms with Gasteiger partial charge in [0, 0.05) is 0 Å². The molecule has 17 heavy (non-hydrogen) atoms. The highest BCUT2D eigenvalue weighted by molar-refractivity contribution is 7.12. The molecule has 0 saturated heterocycles. The van der Waals surface area contributed by atoms with Gasteiger partial charge in [0.15, 0.2) is 0 Å². The molecule has 1 atom stereocenters. The van der Waals surface area contributed by atoms with Crippen molar-refractivity contribution >= 4 is 17.2 Å². The molecule has 2 N–H and O–H groups in total. The van der Waals surface area contributed by atoms with Crippen LogP contribution in [0.1, 0.15) is 35.0 Å². The Bertz CT molecular complexity index is 473. The van der Waals surface area contributed by atoms with Crippen LogP contribution in [-0.4, -0.2) is 23.2 Å². The van der Waals surface area contributed by atoms with Crippen LogP contribution >= 0.6 is 11.3 Å². The van der Waals surface area contributed by atoms with E-state index in [2.05, 4.69) is 5.32 Å². The number of nitrogens with one attached hydrogen (secondary N) is 1. The van der Waals surface area contributed by atoms with Crippen molar-refractivity contribution in [2.75, 3.05) is 6.61 Å². The molecule has 0 spiro atoms. The minimum Gasteiger partial charge on any atom is -0.394 e. The monoisotopic (exact) mass is 250 g/mol. The number of aliphatic hydroxyl groups excluding tert-OH is 1. The van der Waals surface area contributed by atoms with Gasteiger partial charge in [-0.3, -0.25) is 4.79 Å². The van der Waals surface area contributed by atoms with Crippen LogP contribution in [-0.2, 0) is 0 Å². The van der Waals surface area contributed by atoms with Gasteiger partial charge in [0.1, 0.15) is 10.9 Å². The summed E-state index contributed by atoms with van der Waals surface area (Å²) < 4.78 is 0. The molecular formula is C12H14N2O2S.